The van der Waals surface area contributed by atoms with Crippen LogP contribution >= 0.6 is 11.3 Å². The Labute approximate surface area is 138 Å². The van der Waals surface area contributed by atoms with Gasteiger partial charge in [-0.15, -0.1) is 11.3 Å². The van der Waals surface area contributed by atoms with Gasteiger partial charge in [-0.25, -0.2) is 8.78 Å². The van der Waals surface area contributed by atoms with Gasteiger partial charge < -0.3 is 10.8 Å². The Kier molecular flexibility index (Phi) is 4.02. The number of phenolic OH excluding ortho intramolecular Hbond substituents is 1. The Morgan fingerprint density at radius 3 is 2.50 bits per heavy atom. The number of carbonyl (C=O) groups is 1. The summed E-state index contributed by atoms with van der Waals surface area (Å²) in [4.78, 5) is 13.2. The number of rotatable bonds is 3. The number of hydrogen-bond donors (Lipinski definition) is 2. The molecule has 3 nitrogen and oxygen atoms in total. The molecule has 0 radical (unpaired) electrons. The lowest BCUT2D eigenvalue weighted by molar-refractivity contribution is 0.103. The number of carbonyl (C=O) groups excluding carboxylic acids is 1. The maximum absolute atomic E-state index is 13.9. The number of nitrogen functional groups attached to an aromatic ring is 1. The van der Waals surface area contributed by atoms with E-state index in [1.54, 1.807) is 30.3 Å². The van der Waals surface area contributed by atoms with Crippen LogP contribution in [0.4, 0.5) is 18.9 Å². The molecule has 2 aromatic carbocycles. The first-order valence-electron chi connectivity index (χ1n) is 6.75. The van der Waals surface area contributed by atoms with Crippen LogP contribution in [0.25, 0.3) is 10.4 Å². The molecular weight excluding hydrogens is 339 g/mol. The first-order chi connectivity index (χ1) is 11.4. The molecule has 7 heteroatoms. The molecule has 24 heavy (non-hydrogen) atoms. The number of nitrogens with two attached hydrogens (primary N) is 1. The second-order valence-electron chi connectivity index (χ2n) is 5.00. The van der Waals surface area contributed by atoms with Crippen molar-refractivity contribution in [2.24, 2.45) is 0 Å². The summed E-state index contributed by atoms with van der Waals surface area (Å²) in [5.74, 6) is -7.06. The second kappa shape index (κ2) is 6.01. The van der Waals surface area contributed by atoms with Crippen molar-refractivity contribution in [1.82, 2.24) is 0 Å². The van der Waals surface area contributed by atoms with Crippen LogP contribution in [0.5, 0.6) is 5.75 Å². The molecule has 0 unspecified atom stereocenters. The molecular formula is C17H10F3NO2S. The maximum atomic E-state index is 13.9. The molecule has 0 amide bonds. The summed E-state index contributed by atoms with van der Waals surface area (Å²) in [7, 11) is 0. The van der Waals surface area contributed by atoms with Crippen molar-refractivity contribution in [3.8, 4) is 16.2 Å². The molecule has 0 atom stereocenters. The fourth-order valence-electron chi connectivity index (χ4n) is 2.20. The van der Waals surface area contributed by atoms with E-state index in [0.717, 1.165) is 16.9 Å². The predicted molar refractivity (Wildman–Crippen MR) is 85.6 cm³/mol. The Morgan fingerprint density at radius 1 is 1.04 bits per heavy atom. The number of ketones is 1. The Balaban J connectivity index is 2.01. The van der Waals surface area contributed by atoms with E-state index in [4.69, 9.17) is 5.73 Å². The van der Waals surface area contributed by atoms with E-state index in [2.05, 4.69) is 0 Å². The summed E-state index contributed by atoms with van der Waals surface area (Å²) in [5, 5.41) is 9.22. The van der Waals surface area contributed by atoms with Gasteiger partial charge in [0, 0.05) is 10.6 Å². The van der Waals surface area contributed by atoms with E-state index < -0.39 is 34.5 Å². The van der Waals surface area contributed by atoms with Crippen LogP contribution in [0, 0.1) is 17.5 Å². The summed E-state index contributed by atoms with van der Waals surface area (Å²) in [6.07, 6.45) is 0. The highest BCUT2D eigenvalue weighted by atomic mass is 32.1. The minimum Gasteiger partial charge on any atom is -0.503 e. The Morgan fingerprint density at radius 2 is 1.79 bits per heavy atom. The lowest BCUT2D eigenvalue weighted by Gasteiger charge is -2.05. The molecule has 0 aliphatic rings. The third kappa shape index (κ3) is 2.74. The minimum absolute atomic E-state index is 0.122. The van der Waals surface area contributed by atoms with Crippen molar-refractivity contribution >= 4 is 22.8 Å². The first kappa shape index (κ1) is 16.1. The van der Waals surface area contributed by atoms with E-state index >= 15 is 0 Å². The van der Waals surface area contributed by atoms with Crippen molar-refractivity contribution < 1.29 is 23.1 Å². The van der Waals surface area contributed by atoms with Crippen LogP contribution in [0.3, 0.4) is 0 Å². The summed E-state index contributed by atoms with van der Waals surface area (Å²) in [6.45, 7) is 0. The smallest absolute Gasteiger partial charge is 0.206 e. The van der Waals surface area contributed by atoms with Gasteiger partial charge in [-0.2, -0.15) is 4.39 Å². The summed E-state index contributed by atoms with van der Waals surface area (Å²) in [6, 6.07) is 10.5. The van der Waals surface area contributed by atoms with Gasteiger partial charge in [0.2, 0.25) is 11.6 Å². The Bertz CT molecular complexity index is 953. The van der Waals surface area contributed by atoms with Gasteiger partial charge in [0.1, 0.15) is 0 Å². The van der Waals surface area contributed by atoms with Crippen molar-refractivity contribution in [3.05, 3.63) is 70.4 Å². The number of thiophene rings is 1. The van der Waals surface area contributed by atoms with E-state index in [9.17, 15) is 23.1 Å². The van der Waals surface area contributed by atoms with Crippen LogP contribution in [0.1, 0.15) is 15.2 Å². The third-order valence-electron chi connectivity index (χ3n) is 3.38. The topological polar surface area (TPSA) is 63.3 Å². The normalized spacial score (nSPS) is 10.8. The van der Waals surface area contributed by atoms with Crippen LogP contribution in [-0.4, -0.2) is 10.9 Å². The largest absolute Gasteiger partial charge is 0.503 e. The van der Waals surface area contributed by atoms with E-state index in [-0.39, 0.29) is 4.88 Å². The van der Waals surface area contributed by atoms with Gasteiger partial charge in [0.05, 0.1) is 10.4 Å². The van der Waals surface area contributed by atoms with Gasteiger partial charge in [-0.05, 0) is 35.9 Å². The van der Waals surface area contributed by atoms with Gasteiger partial charge in [0.25, 0.3) is 0 Å². The number of phenols is 1. The van der Waals surface area contributed by atoms with Crippen molar-refractivity contribution in [1.29, 1.82) is 0 Å². The molecule has 1 aromatic heterocycles. The molecule has 0 bridgehead atoms. The highest BCUT2D eigenvalue weighted by molar-refractivity contribution is 7.17. The van der Waals surface area contributed by atoms with Gasteiger partial charge in [0.15, 0.2) is 17.4 Å². The number of aromatic hydroxyl groups is 1. The van der Waals surface area contributed by atoms with Gasteiger partial charge >= 0.3 is 0 Å². The van der Waals surface area contributed by atoms with Crippen molar-refractivity contribution in [2.45, 2.75) is 0 Å². The lowest BCUT2D eigenvalue weighted by Crippen LogP contribution is -2.05. The average molecular weight is 349 g/mol. The molecule has 3 N–H and O–H groups in total. The van der Waals surface area contributed by atoms with Crippen molar-refractivity contribution in [2.75, 3.05) is 5.73 Å². The zero-order chi connectivity index (χ0) is 17.4. The van der Waals surface area contributed by atoms with E-state index in [1.165, 1.54) is 6.07 Å². The fraction of sp³-hybridized carbons (Fsp3) is 0. The molecule has 0 aliphatic heterocycles. The highest BCUT2D eigenvalue weighted by Gasteiger charge is 2.24. The highest BCUT2D eigenvalue weighted by Crippen LogP contribution is 2.32. The SMILES string of the molecule is Nc1cccc(-c2ccc(C(=O)c3cc(F)c(F)c(O)c3F)s2)c1. The zero-order valence-corrected chi connectivity index (χ0v) is 12.8. The van der Waals surface area contributed by atoms with Gasteiger partial charge in [-0.1, -0.05) is 12.1 Å². The molecule has 0 aliphatic carbocycles. The Hall–Kier alpha value is -2.80. The standard InChI is InChI=1S/C17H10F3NO2S/c18-11-7-10(14(19)17(23)15(11)20)16(22)13-5-4-12(24-13)8-2-1-3-9(21)6-8/h1-7,23H,21H2. The van der Waals surface area contributed by atoms with Gasteiger partial charge in [-0.3, -0.25) is 4.79 Å². The van der Waals surface area contributed by atoms with E-state index in [0.29, 0.717) is 16.6 Å². The fourth-order valence-corrected chi connectivity index (χ4v) is 3.15. The quantitative estimate of drug-likeness (QED) is 0.420. The molecule has 0 saturated heterocycles. The molecule has 1 heterocycles. The van der Waals surface area contributed by atoms with E-state index in [1.807, 2.05) is 0 Å². The summed E-state index contributed by atoms with van der Waals surface area (Å²) >= 11 is 1.05. The van der Waals surface area contributed by atoms with Crippen LogP contribution in [0.2, 0.25) is 0 Å². The van der Waals surface area contributed by atoms with Crippen molar-refractivity contribution in [3.63, 3.8) is 0 Å². The zero-order valence-electron chi connectivity index (χ0n) is 12.0. The lowest BCUT2D eigenvalue weighted by atomic mass is 10.1. The molecule has 0 spiro atoms. The van der Waals surface area contributed by atoms with Crippen LogP contribution in [0.15, 0.2) is 42.5 Å². The number of anilines is 1. The number of benzene rings is 2. The second-order valence-corrected chi connectivity index (χ2v) is 6.08. The molecule has 0 fully saturated rings. The summed E-state index contributed by atoms with van der Waals surface area (Å²) in [5.41, 5.74) is 6.29. The molecule has 122 valence electrons. The maximum Gasteiger partial charge on any atom is 0.206 e. The van der Waals surface area contributed by atoms with Crippen LogP contribution < -0.4 is 5.73 Å². The summed E-state index contributed by atoms with van der Waals surface area (Å²) < 4.78 is 40.3. The van der Waals surface area contributed by atoms with Crippen LogP contribution in [-0.2, 0) is 0 Å². The average Bonchev–Trinajstić information content (AvgIpc) is 3.05. The number of halogens is 3. The molecule has 3 aromatic rings. The first-order valence-corrected chi connectivity index (χ1v) is 7.57. The molecule has 3 rings (SSSR count). The predicted octanol–water partition coefficient (Wildman–Crippen LogP) is 4.35. The third-order valence-corrected chi connectivity index (χ3v) is 4.51. The monoisotopic (exact) mass is 349 g/mol. The minimum atomic E-state index is -1.73. The number of hydrogen-bond acceptors (Lipinski definition) is 4. The molecule has 0 saturated carbocycles.